The molecule has 1 atom stereocenters. The predicted molar refractivity (Wildman–Crippen MR) is 105 cm³/mol. The van der Waals surface area contributed by atoms with Crippen LogP contribution in [-0.4, -0.2) is 45.7 Å². The minimum atomic E-state index is 0.0178. The van der Waals surface area contributed by atoms with Crippen LogP contribution in [0.3, 0.4) is 0 Å². The molecule has 1 aromatic heterocycles. The first-order chi connectivity index (χ1) is 13.0. The molecule has 0 bridgehead atoms. The van der Waals surface area contributed by atoms with Gasteiger partial charge in [-0.2, -0.15) is 0 Å². The number of amides is 2. The Balaban J connectivity index is 1.67. The van der Waals surface area contributed by atoms with Crippen LogP contribution in [-0.2, 0) is 22.6 Å². The lowest BCUT2D eigenvalue weighted by molar-refractivity contribution is -0.138. The highest BCUT2D eigenvalue weighted by molar-refractivity contribution is 6.31. The van der Waals surface area contributed by atoms with E-state index in [9.17, 15) is 9.59 Å². The van der Waals surface area contributed by atoms with Gasteiger partial charge >= 0.3 is 0 Å². The number of halogens is 1. The summed E-state index contributed by atoms with van der Waals surface area (Å²) in [6.45, 7) is 3.38. The smallest absolute Gasteiger partial charge is 0.227 e. The van der Waals surface area contributed by atoms with E-state index in [1.54, 1.807) is 25.4 Å². The van der Waals surface area contributed by atoms with Gasteiger partial charge in [0.15, 0.2) is 0 Å². The standard InChI is InChI=1S/C21H24ClN3O2/c1-16(26)25(14-17-6-4-10-23-13-17)19-8-5-11-24(15-19)21(27)12-18-7-2-3-9-20(18)22/h2-4,6-7,9-10,13,19H,5,8,11-12,14-15H2,1H3. The maximum absolute atomic E-state index is 12.8. The third kappa shape index (κ3) is 5.07. The first kappa shape index (κ1) is 19.4. The second kappa shape index (κ2) is 9.00. The lowest BCUT2D eigenvalue weighted by Gasteiger charge is -2.39. The van der Waals surface area contributed by atoms with Crippen molar-refractivity contribution in [3.63, 3.8) is 0 Å². The van der Waals surface area contributed by atoms with Gasteiger partial charge in [0.25, 0.3) is 0 Å². The minimum Gasteiger partial charge on any atom is -0.340 e. The van der Waals surface area contributed by atoms with E-state index in [0.29, 0.717) is 18.1 Å². The Bertz CT molecular complexity index is 797. The largest absolute Gasteiger partial charge is 0.340 e. The molecule has 6 heteroatoms. The molecule has 1 aromatic carbocycles. The van der Waals surface area contributed by atoms with Gasteiger partial charge in [0, 0.05) is 50.0 Å². The quantitative estimate of drug-likeness (QED) is 0.793. The second-order valence-corrected chi connectivity index (χ2v) is 7.32. The second-order valence-electron chi connectivity index (χ2n) is 6.91. The highest BCUT2D eigenvalue weighted by Crippen LogP contribution is 2.21. The van der Waals surface area contributed by atoms with Crippen LogP contribution >= 0.6 is 11.6 Å². The van der Waals surface area contributed by atoms with Crippen LogP contribution < -0.4 is 0 Å². The van der Waals surface area contributed by atoms with Crippen LogP contribution in [0.4, 0.5) is 0 Å². The van der Waals surface area contributed by atoms with Crippen LogP contribution in [0.1, 0.15) is 30.9 Å². The topological polar surface area (TPSA) is 53.5 Å². The van der Waals surface area contributed by atoms with Crippen molar-refractivity contribution >= 4 is 23.4 Å². The zero-order chi connectivity index (χ0) is 19.2. The van der Waals surface area contributed by atoms with Crippen molar-refractivity contribution in [3.05, 3.63) is 64.9 Å². The maximum atomic E-state index is 12.8. The third-order valence-corrected chi connectivity index (χ3v) is 5.34. The van der Waals surface area contributed by atoms with Crippen molar-refractivity contribution in [1.82, 2.24) is 14.8 Å². The molecule has 0 spiro atoms. The van der Waals surface area contributed by atoms with Crippen molar-refractivity contribution in [3.8, 4) is 0 Å². The molecule has 5 nitrogen and oxygen atoms in total. The summed E-state index contributed by atoms with van der Waals surface area (Å²) in [5.74, 6) is 0.0712. The number of hydrogen-bond donors (Lipinski definition) is 0. The third-order valence-electron chi connectivity index (χ3n) is 4.97. The highest BCUT2D eigenvalue weighted by atomic mass is 35.5. The number of benzene rings is 1. The van der Waals surface area contributed by atoms with E-state index < -0.39 is 0 Å². The van der Waals surface area contributed by atoms with Crippen molar-refractivity contribution in [2.24, 2.45) is 0 Å². The molecule has 1 fully saturated rings. The summed E-state index contributed by atoms with van der Waals surface area (Å²) in [5.41, 5.74) is 1.83. The van der Waals surface area contributed by atoms with Gasteiger partial charge in [-0.15, -0.1) is 0 Å². The molecule has 0 N–H and O–H groups in total. The van der Waals surface area contributed by atoms with Crippen molar-refractivity contribution < 1.29 is 9.59 Å². The van der Waals surface area contributed by atoms with E-state index in [0.717, 1.165) is 30.5 Å². The van der Waals surface area contributed by atoms with E-state index in [2.05, 4.69) is 4.98 Å². The number of hydrogen-bond acceptors (Lipinski definition) is 3. The average molecular weight is 386 g/mol. The molecule has 1 aliphatic heterocycles. The van der Waals surface area contributed by atoms with Crippen LogP contribution in [0.5, 0.6) is 0 Å². The molecule has 1 saturated heterocycles. The average Bonchev–Trinajstić information content (AvgIpc) is 2.68. The molecule has 1 unspecified atom stereocenters. The van der Waals surface area contributed by atoms with E-state index in [4.69, 9.17) is 11.6 Å². The Morgan fingerprint density at radius 3 is 2.78 bits per heavy atom. The number of piperidine rings is 1. The van der Waals surface area contributed by atoms with Gasteiger partial charge in [0.05, 0.1) is 6.42 Å². The van der Waals surface area contributed by atoms with Crippen LogP contribution in [0, 0.1) is 0 Å². The predicted octanol–water partition coefficient (Wildman–Crippen LogP) is 3.32. The Labute approximate surface area is 164 Å². The van der Waals surface area contributed by atoms with Gasteiger partial charge in [-0.25, -0.2) is 0 Å². The fourth-order valence-corrected chi connectivity index (χ4v) is 3.74. The van der Waals surface area contributed by atoms with Gasteiger partial charge in [0.2, 0.25) is 11.8 Å². The van der Waals surface area contributed by atoms with Crippen molar-refractivity contribution in [2.45, 2.75) is 38.8 Å². The molecule has 3 rings (SSSR count). The number of pyridine rings is 1. The summed E-state index contributed by atoms with van der Waals surface area (Å²) in [5, 5.41) is 0.612. The molecule has 0 saturated carbocycles. The monoisotopic (exact) mass is 385 g/mol. The van der Waals surface area contributed by atoms with Gasteiger partial charge in [0.1, 0.15) is 0 Å². The number of rotatable bonds is 5. The van der Waals surface area contributed by atoms with Gasteiger partial charge < -0.3 is 9.80 Å². The van der Waals surface area contributed by atoms with Gasteiger partial charge in [-0.3, -0.25) is 14.6 Å². The Morgan fingerprint density at radius 1 is 1.26 bits per heavy atom. The maximum Gasteiger partial charge on any atom is 0.227 e. The lowest BCUT2D eigenvalue weighted by Crippen LogP contribution is -2.51. The fraction of sp³-hybridized carbons (Fsp3) is 0.381. The minimum absolute atomic E-state index is 0.0178. The molecule has 0 radical (unpaired) electrons. The number of aromatic nitrogens is 1. The number of carbonyl (C=O) groups excluding carboxylic acids is 2. The SMILES string of the molecule is CC(=O)N(Cc1cccnc1)C1CCCN(C(=O)Cc2ccccc2Cl)C1. The summed E-state index contributed by atoms with van der Waals surface area (Å²) < 4.78 is 0. The van der Waals surface area contributed by atoms with Crippen molar-refractivity contribution in [1.29, 1.82) is 0 Å². The molecular weight excluding hydrogens is 362 g/mol. The van der Waals surface area contributed by atoms with Gasteiger partial charge in [-0.1, -0.05) is 35.9 Å². The molecule has 0 aliphatic carbocycles. The van der Waals surface area contributed by atoms with E-state index in [1.807, 2.05) is 40.1 Å². The van der Waals surface area contributed by atoms with E-state index in [-0.39, 0.29) is 24.3 Å². The summed E-state index contributed by atoms with van der Waals surface area (Å²) in [4.78, 5) is 32.9. The first-order valence-electron chi connectivity index (χ1n) is 9.22. The Kier molecular flexibility index (Phi) is 6.45. The summed E-state index contributed by atoms with van der Waals surface area (Å²) in [6, 6.07) is 11.3. The van der Waals surface area contributed by atoms with E-state index in [1.165, 1.54) is 0 Å². The fourth-order valence-electron chi connectivity index (χ4n) is 3.54. The Hall–Kier alpha value is -2.40. The highest BCUT2D eigenvalue weighted by Gasteiger charge is 2.29. The number of carbonyl (C=O) groups is 2. The van der Waals surface area contributed by atoms with Crippen molar-refractivity contribution in [2.75, 3.05) is 13.1 Å². The summed E-state index contributed by atoms with van der Waals surface area (Å²) in [6.07, 6.45) is 5.57. The zero-order valence-corrected chi connectivity index (χ0v) is 16.2. The summed E-state index contributed by atoms with van der Waals surface area (Å²) in [7, 11) is 0. The molecule has 2 amide bonds. The van der Waals surface area contributed by atoms with E-state index >= 15 is 0 Å². The van der Waals surface area contributed by atoms with Crippen LogP contribution in [0.2, 0.25) is 5.02 Å². The summed E-state index contributed by atoms with van der Waals surface area (Å²) >= 11 is 6.19. The molecule has 142 valence electrons. The molecule has 2 aromatic rings. The normalized spacial score (nSPS) is 16.8. The van der Waals surface area contributed by atoms with Gasteiger partial charge in [-0.05, 0) is 36.1 Å². The number of nitrogens with zero attached hydrogens (tertiary/aromatic N) is 3. The molecule has 27 heavy (non-hydrogen) atoms. The Morgan fingerprint density at radius 2 is 2.07 bits per heavy atom. The molecule has 1 aliphatic rings. The molecular formula is C21H24ClN3O2. The van der Waals surface area contributed by atoms with Crippen LogP contribution in [0.15, 0.2) is 48.8 Å². The zero-order valence-electron chi connectivity index (χ0n) is 15.5. The first-order valence-corrected chi connectivity index (χ1v) is 9.59. The van der Waals surface area contributed by atoms with Crippen LogP contribution in [0.25, 0.3) is 0 Å². The number of likely N-dealkylation sites (tertiary alicyclic amines) is 1. The lowest BCUT2D eigenvalue weighted by atomic mass is 10.0. The molecule has 2 heterocycles.